The summed E-state index contributed by atoms with van der Waals surface area (Å²) in [7, 11) is 0. The lowest BCUT2D eigenvalue weighted by Crippen LogP contribution is -2.59. The van der Waals surface area contributed by atoms with E-state index in [0.717, 1.165) is 0 Å². The summed E-state index contributed by atoms with van der Waals surface area (Å²) in [6.45, 7) is 1.59. The average molecular weight is 889 g/mol. The van der Waals surface area contributed by atoms with E-state index in [1.54, 1.807) is 30.5 Å². The number of nitrogens with zero attached hydrogens (tertiary/aromatic N) is 1. The fourth-order valence-corrected chi connectivity index (χ4v) is 6.79. The Morgan fingerprint density at radius 2 is 1.06 bits per heavy atom. The topological polar surface area (TPSA) is 394 Å². The van der Waals surface area contributed by atoms with Crippen molar-refractivity contribution in [2.24, 2.45) is 5.73 Å². The second-order valence-corrected chi connectivity index (χ2v) is 14.9. The van der Waals surface area contributed by atoms with Gasteiger partial charge in [-0.15, -0.1) is 0 Å². The lowest BCUT2D eigenvalue weighted by Gasteiger charge is -2.28. The molecular weight excluding hydrogens is 836 g/mol. The van der Waals surface area contributed by atoms with Crippen LogP contribution in [0.2, 0.25) is 0 Å². The summed E-state index contributed by atoms with van der Waals surface area (Å²) in [5.41, 5.74) is 6.90. The van der Waals surface area contributed by atoms with Gasteiger partial charge in [0.15, 0.2) is 0 Å². The number of likely N-dealkylation sites (tertiary alicyclic amines) is 1. The van der Waals surface area contributed by atoms with Crippen molar-refractivity contribution in [1.82, 2.24) is 36.5 Å². The Kier molecular flexibility index (Phi) is 19.0. The SMILES string of the molecule is C[C@H](N)C(=O)N1CCC[C@H]1C(=O)N[C@@H](CCC(=O)O)C(=O)N[C@@H](CCC(=O)O)C(=O)N[C@@H](CCC(=O)O)C(=O)N[C@@H](CCC(=O)O)C(=O)N[C@@H](Cc1c[nH]c2ccccc12)C(=O)O. The minimum Gasteiger partial charge on any atom is -0.481 e. The summed E-state index contributed by atoms with van der Waals surface area (Å²) in [5.74, 6) is -13.3. The highest BCUT2D eigenvalue weighted by Gasteiger charge is 2.38. The number of benzene rings is 1. The predicted octanol–water partition coefficient (Wildman–Crippen LogP) is -1.98. The first kappa shape index (κ1) is 50.2. The van der Waals surface area contributed by atoms with E-state index in [4.69, 9.17) is 5.73 Å². The number of hydrogen-bond donors (Lipinski definition) is 12. The molecule has 24 nitrogen and oxygen atoms in total. The van der Waals surface area contributed by atoms with Crippen molar-refractivity contribution in [1.29, 1.82) is 0 Å². The molecule has 1 aromatic carbocycles. The van der Waals surface area contributed by atoms with Crippen LogP contribution in [-0.2, 0) is 59.2 Å². The summed E-state index contributed by atoms with van der Waals surface area (Å²) < 4.78 is 0. The van der Waals surface area contributed by atoms with Gasteiger partial charge in [-0.1, -0.05) is 18.2 Å². The van der Waals surface area contributed by atoms with Gasteiger partial charge in [0.25, 0.3) is 0 Å². The number of nitrogens with two attached hydrogens (primary N) is 1. The molecule has 344 valence electrons. The number of rotatable bonds is 26. The molecule has 3 rings (SSSR count). The van der Waals surface area contributed by atoms with Crippen LogP contribution in [0.3, 0.4) is 0 Å². The third-order valence-electron chi connectivity index (χ3n) is 10.1. The maximum Gasteiger partial charge on any atom is 0.326 e. The van der Waals surface area contributed by atoms with E-state index in [9.17, 15) is 78.3 Å². The maximum atomic E-state index is 13.7. The lowest BCUT2D eigenvalue weighted by atomic mass is 10.0. The molecule has 1 aliphatic rings. The zero-order valence-corrected chi connectivity index (χ0v) is 34.2. The first-order valence-electron chi connectivity index (χ1n) is 19.9. The molecule has 1 aromatic heterocycles. The second-order valence-electron chi connectivity index (χ2n) is 14.9. The number of fused-ring (bicyclic) bond motifs is 1. The van der Waals surface area contributed by atoms with Crippen LogP contribution >= 0.6 is 0 Å². The van der Waals surface area contributed by atoms with Gasteiger partial charge < -0.3 is 67.7 Å². The zero-order chi connectivity index (χ0) is 47.0. The second kappa shape index (κ2) is 23.8. The van der Waals surface area contributed by atoms with Crippen molar-refractivity contribution >= 4 is 76.2 Å². The average Bonchev–Trinajstić information content (AvgIpc) is 3.87. The van der Waals surface area contributed by atoms with E-state index in [2.05, 4.69) is 31.6 Å². The van der Waals surface area contributed by atoms with E-state index < -0.39 is 159 Å². The van der Waals surface area contributed by atoms with Gasteiger partial charge in [0.1, 0.15) is 36.3 Å². The zero-order valence-electron chi connectivity index (χ0n) is 34.2. The Hall–Kier alpha value is -7.11. The molecule has 24 heteroatoms. The normalized spacial score (nSPS) is 16.3. The van der Waals surface area contributed by atoms with Crippen molar-refractivity contribution in [3.05, 3.63) is 36.0 Å². The van der Waals surface area contributed by atoms with Crippen LogP contribution in [0, 0.1) is 0 Å². The molecular formula is C39H52N8O16. The van der Waals surface area contributed by atoms with E-state index in [1.165, 1.54) is 11.8 Å². The molecule has 7 atom stereocenters. The molecule has 1 aliphatic heterocycles. The number of carboxylic acid groups (broad SMARTS) is 5. The van der Waals surface area contributed by atoms with Crippen molar-refractivity contribution in [2.75, 3.05) is 6.54 Å². The first-order valence-corrected chi connectivity index (χ1v) is 19.9. The number of nitrogens with one attached hydrogen (secondary N) is 6. The number of carboxylic acids is 5. The summed E-state index contributed by atoms with van der Waals surface area (Å²) in [6.07, 6.45) is -3.42. The predicted molar refractivity (Wildman–Crippen MR) is 215 cm³/mol. The lowest BCUT2D eigenvalue weighted by molar-refractivity contribution is -0.143. The molecule has 2 aromatic rings. The van der Waals surface area contributed by atoms with Gasteiger partial charge in [0, 0.05) is 55.7 Å². The molecule has 13 N–H and O–H groups in total. The first-order chi connectivity index (χ1) is 29.7. The summed E-state index contributed by atoms with van der Waals surface area (Å²) >= 11 is 0. The number of hydrogen-bond acceptors (Lipinski definition) is 12. The largest absolute Gasteiger partial charge is 0.481 e. The Morgan fingerprint density at radius 3 is 1.48 bits per heavy atom. The molecule has 0 saturated carbocycles. The summed E-state index contributed by atoms with van der Waals surface area (Å²) in [5, 5.41) is 59.5. The molecule has 2 heterocycles. The van der Waals surface area contributed by atoms with Crippen LogP contribution in [0.4, 0.5) is 0 Å². The molecule has 0 spiro atoms. The van der Waals surface area contributed by atoms with Crippen molar-refractivity contribution in [3.8, 4) is 0 Å². The molecule has 0 radical (unpaired) electrons. The van der Waals surface area contributed by atoms with Crippen LogP contribution in [-0.4, -0.2) is 150 Å². The number of carbonyl (C=O) groups excluding carboxylic acids is 6. The number of aliphatic carboxylic acids is 5. The monoisotopic (exact) mass is 888 g/mol. The Balaban J connectivity index is 1.85. The standard InChI is InChI=1S/C39H52N8O16/c1-19(40)38(61)47-16-4-7-28(47)37(60)45-26(11-15-32(54)55)35(58)43-24(9-13-30(50)51)33(56)42-23(8-12-29(48)49)34(57)44-25(10-14-31(52)53)36(59)46-27(39(62)63)17-20-18-41-22-6-3-2-5-21(20)22/h2-3,5-6,18-19,23-28,41H,4,7-17,40H2,1H3,(H,42,56)(H,43,58)(H,44,57)(H,45,60)(H,46,59)(H,48,49)(H,50,51)(H,52,53)(H,54,55)(H,62,63)/t19-,23-,24-,25-,26-,27-,28-/m0/s1. The Bertz CT molecular complexity index is 2050. The van der Waals surface area contributed by atoms with Gasteiger partial charge in [-0.25, -0.2) is 4.79 Å². The van der Waals surface area contributed by atoms with Crippen LogP contribution in [0.25, 0.3) is 10.9 Å². The highest BCUT2D eigenvalue weighted by Crippen LogP contribution is 2.21. The molecule has 1 fully saturated rings. The molecule has 0 aliphatic carbocycles. The minimum absolute atomic E-state index is 0.179. The highest BCUT2D eigenvalue weighted by atomic mass is 16.4. The number of amides is 6. The van der Waals surface area contributed by atoms with Crippen molar-refractivity contribution in [3.63, 3.8) is 0 Å². The van der Waals surface area contributed by atoms with Gasteiger partial charge in [-0.05, 0) is 57.1 Å². The van der Waals surface area contributed by atoms with Crippen molar-refractivity contribution < 1.29 is 78.3 Å². The molecule has 6 amide bonds. The van der Waals surface area contributed by atoms with Crippen LogP contribution in [0.1, 0.15) is 76.7 Å². The number of para-hydroxylation sites is 1. The van der Waals surface area contributed by atoms with E-state index in [0.29, 0.717) is 22.9 Å². The van der Waals surface area contributed by atoms with Gasteiger partial charge in [0.05, 0.1) is 6.04 Å². The van der Waals surface area contributed by atoms with Crippen LogP contribution in [0.15, 0.2) is 30.5 Å². The third kappa shape index (κ3) is 15.7. The molecule has 1 saturated heterocycles. The van der Waals surface area contributed by atoms with E-state index in [-0.39, 0.29) is 19.4 Å². The maximum absolute atomic E-state index is 13.7. The summed E-state index contributed by atoms with van der Waals surface area (Å²) in [4.78, 5) is 143. The fraction of sp³-hybridized carbons (Fsp3) is 0.513. The quantitative estimate of drug-likeness (QED) is 0.0487. The molecule has 0 bridgehead atoms. The van der Waals surface area contributed by atoms with Gasteiger partial charge in [-0.3, -0.25) is 47.9 Å². The number of H-pyrrole nitrogens is 1. The van der Waals surface area contributed by atoms with E-state index >= 15 is 0 Å². The minimum atomic E-state index is -1.84. The Labute approximate surface area is 358 Å². The van der Waals surface area contributed by atoms with Gasteiger partial charge in [0.2, 0.25) is 35.4 Å². The van der Waals surface area contributed by atoms with Crippen LogP contribution < -0.4 is 32.3 Å². The number of aromatic amines is 1. The summed E-state index contributed by atoms with van der Waals surface area (Å²) in [6, 6.07) is -3.73. The third-order valence-corrected chi connectivity index (χ3v) is 10.1. The fourth-order valence-electron chi connectivity index (χ4n) is 6.79. The molecule has 63 heavy (non-hydrogen) atoms. The van der Waals surface area contributed by atoms with Crippen molar-refractivity contribution in [2.45, 2.75) is 120 Å². The van der Waals surface area contributed by atoms with Gasteiger partial charge >= 0.3 is 29.8 Å². The number of aromatic nitrogens is 1. The van der Waals surface area contributed by atoms with Crippen LogP contribution in [0.5, 0.6) is 0 Å². The highest BCUT2D eigenvalue weighted by molar-refractivity contribution is 5.98. The Morgan fingerprint density at radius 1 is 0.651 bits per heavy atom. The smallest absolute Gasteiger partial charge is 0.326 e. The number of carbonyl (C=O) groups is 11. The van der Waals surface area contributed by atoms with Gasteiger partial charge in [-0.2, -0.15) is 0 Å². The molecule has 0 unspecified atom stereocenters. The van der Waals surface area contributed by atoms with E-state index in [1.807, 2.05) is 0 Å².